The van der Waals surface area contributed by atoms with Gasteiger partial charge in [0.15, 0.2) is 0 Å². The summed E-state index contributed by atoms with van der Waals surface area (Å²) in [6.45, 7) is 1.47. The predicted octanol–water partition coefficient (Wildman–Crippen LogP) is 3.48. The van der Waals surface area contributed by atoms with Crippen LogP contribution >= 0.6 is 0 Å². The summed E-state index contributed by atoms with van der Waals surface area (Å²) in [6.07, 6.45) is -4.55. The lowest BCUT2D eigenvalue weighted by Crippen LogP contribution is -2.24. The molecule has 0 saturated carbocycles. The van der Waals surface area contributed by atoms with Crippen LogP contribution in [-0.2, 0) is 12.7 Å². The third-order valence-electron chi connectivity index (χ3n) is 2.99. The molecule has 1 aromatic heterocycles. The monoisotopic (exact) mass is 312 g/mol. The van der Waals surface area contributed by atoms with E-state index in [2.05, 4.69) is 10.3 Å². The number of halogens is 4. The van der Waals surface area contributed by atoms with Crippen molar-refractivity contribution in [3.63, 3.8) is 0 Å². The van der Waals surface area contributed by atoms with Gasteiger partial charge in [0, 0.05) is 6.54 Å². The first-order chi connectivity index (χ1) is 10.3. The average molecular weight is 312 g/mol. The minimum Gasteiger partial charge on any atom is -0.348 e. The first-order valence-corrected chi connectivity index (χ1v) is 6.35. The van der Waals surface area contributed by atoms with Gasteiger partial charge in [-0.2, -0.15) is 13.2 Å². The number of nitrogens with one attached hydrogen (secondary N) is 1. The molecule has 1 heterocycles. The van der Waals surface area contributed by atoms with Crippen molar-refractivity contribution in [2.45, 2.75) is 19.6 Å². The van der Waals surface area contributed by atoms with Crippen LogP contribution in [0.15, 0.2) is 36.4 Å². The third-order valence-corrected chi connectivity index (χ3v) is 2.99. The lowest BCUT2D eigenvalue weighted by Gasteiger charge is -2.10. The Bertz CT molecular complexity index is 681. The Morgan fingerprint density at radius 2 is 1.77 bits per heavy atom. The van der Waals surface area contributed by atoms with Gasteiger partial charge in [-0.25, -0.2) is 9.37 Å². The number of hydrogen-bond acceptors (Lipinski definition) is 2. The van der Waals surface area contributed by atoms with Crippen molar-refractivity contribution in [2.24, 2.45) is 0 Å². The summed E-state index contributed by atoms with van der Waals surface area (Å²) in [7, 11) is 0. The molecule has 1 amide bonds. The molecule has 0 radical (unpaired) electrons. The Labute approximate surface area is 124 Å². The molecule has 0 spiro atoms. The molecule has 116 valence electrons. The number of pyridine rings is 1. The summed E-state index contributed by atoms with van der Waals surface area (Å²) in [4.78, 5) is 15.4. The van der Waals surface area contributed by atoms with Gasteiger partial charge in [-0.05, 0) is 36.8 Å². The van der Waals surface area contributed by atoms with Gasteiger partial charge < -0.3 is 5.32 Å². The van der Waals surface area contributed by atoms with Crippen molar-refractivity contribution in [3.8, 4) is 0 Å². The van der Waals surface area contributed by atoms with Crippen molar-refractivity contribution < 1.29 is 22.4 Å². The van der Waals surface area contributed by atoms with Crippen LogP contribution in [0.4, 0.5) is 17.6 Å². The van der Waals surface area contributed by atoms with Crippen molar-refractivity contribution in [3.05, 3.63) is 64.7 Å². The Hall–Kier alpha value is -2.44. The number of alkyl halides is 3. The molecule has 0 aliphatic heterocycles. The van der Waals surface area contributed by atoms with Gasteiger partial charge in [0.05, 0.1) is 11.3 Å². The standard InChI is InChI=1S/C15H12F4N2O/c1-9-12(6-7-13(21-9)15(17,18)19)14(22)20-8-10-2-4-11(16)5-3-10/h2-7H,8H2,1H3,(H,20,22). The smallest absolute Gasteiger partial charge is 0.348 e. The molecule has 1 N–H and O–H groups in total. The van der Waals surface area contributed by atoms with Crippen LogP contribution in [-0.4, -0.2) is 10.9 Å². The fourth-order valence-electron chi connectivity index (χ4n) is 1.84. The molecule has 0 unspecified atom stereocenters. The Morgan fingerprint density at radius 1 is 1.14 bits per heavy atom. The van der Waals surface area contributed by atoms with E-state index in [0.717, 1.165) is 12.1 Å². The predicted molar refractivity (Wildman–Crippen MR) is 71.5 cm³/mol. The number of hydrogen-bond donors (Lipinski definition) is 1. The molecule has 22 heavy (non-hydrogen) atoms. The van der Waals surface area contributed by atoms with Crippen molar-refractivity contribution in [1.82, 2.24) is 10.3 Å². The maximum atomic E-state index is 12.8. The highest BCUT2D eigenvalue weighted by molar-refractivity contribution is 5.95. The maximum Gasteiger partial charge on any atom is 0.433 e. The quantitative estimate of drug-likeness (QED) is 0.882. The number of carbonyl (C=O) groups is 1. The summed E-state index contributed by atoms with van der Waals surface area (Å²) in [5.74, 6) is -0.930. The van der Waals surface area contributed by atoms with Crippen LogP contribution in [0.1, 0.15) is 27.3 Å². The molecule has 2 rings (SSSR count). The van der Waals surface area contributed by atoms with Crippen LogP contribution in [0.25, 0.3) is 0 Å². The number of amides is 1. The Balaban J connectivity index is 2.08. The first kappa shape index (κ1) is 15.9. The Morgan fingerprint density at radius 3 is 2.32 bits per heavy atom. The molecule has 7 heteroatoms. The summed E-state index contributed by atoms with van der Waals surface area (Å²) in [5, 5.41) is 2.55. The highest BCUT2D eigenvalue weighted by Gasteiger charge is 2.33. The zero-order valence-electron chi connectivity index (χ0n) is 11.5. The number of nitrogens with zero attached hydrogens (tertiary/aromatic N) is 1. The topological polar surface area (TPSA) is 42.0 Å². The van der Waals surface area contributed by atoms with Crippen LogP contribution in [0, 0.1) is 12.7 Å². The molecule has 0 saturated heterocycles. The summed E-state index contributed by atoms with van der Waals surface area (Å²) in [6, 6.07) is 7.38. The van der Waals surface area contributed by atoms with Gasteiger partial charge in [-0.1, -0.05) is 12.1 Å². The molecule has 0 bridgehead atoms. The van der Waals surface area contributed by atoms with Crippen molar-refractivity contribution in [1.29, 1.82) is 0 Å². The van der Waals surface area contributed by atoms with Gasteiger partial charge in [-0.3, -0.25) is 4.79 Å². The summed E-state index contributed by atoms with van der Waals surface area (Å²) < 4.78 is 50.3. The van der Waals surface area contributed by atoms with E-state index < -0.39 is 23.6 Å². The van der Waals surface area contributed by atoms with Crippen molar-refractivity contribution in [2.75, 3.05) is 0 Å². The van der Waals surface area contributed by atoms with Crippen molar-refractivity contribution >= 4 is 5.91 Å². The van der Waals surface area contributed by atoms with E-state index in [0.29, 0.717) is 5.56 Å². The van der Waals surface area contributed by atoms with Crippen LogP contribution < -0.4 is 5.32 Å². The van der Waals surface area contributed by atoms with E-state index in [4.69, 9.17) is 0 Å². The van der Waals surface area contributed by atoms with E-state index in [1.54, 1.807) is 0 Å². The summed E-state index contributed by atoms with van der Waals surface area (Å²) in [5.41, 5.74) is -0.311. The highest BCUT2D eigenvalue weighted by Crippen LogP contribution is 2.28. The second-order valence-electron chi connectivity index (χ2n) is 4.64. The Kier molecular flexibility index (Phi) is 4.44. The molecule has 0 fully saturated rings. The lowest BCUT2D eigenvalue weighted by molar-refractivity contribution is -0.141. The highest BCUT2D eigenvalue weighted by atomic mass is 19.4. The number of rotatable bonds is 3. The van der Waals surface area contributed by atoms with Crippen LogP contribution in [0.5, 0.6) is 0 Å². The normalized spacial score (nSPS) is 11.3. The van der Waals surface area contributed by atoms with Gasteiger partial charge in [0.25, 0.3) is 5.91 Å². The number of aryl methyl sites for hydroxylation is 1. The number of aromatic nitrogens is 1. The molecular weight excluding hydrogens is 300 g/mol. The molecule has 0 aliphatic rings. The first-order valence-electron chi connectivity index (χ1n) is 6.35. The SMILES string of the molecule is Cc1nc(C(F)(F)F)ccc1C(=O)NCc1ccc(F)cc1. The van der Waals surface area contributed by atoms with E-state index >= 15 is 0 Å². The van der Waals surface area contributed by atoms with Gasteiger partial charge >= 0.3 is 6.18 Å². The van der Waals surface area contributed by atoms with Crippen LogP contribution in [0.3, 0.4) is 0 Å². The second-order valence-corrected chi connectivity index (χ2v) is 4.64. The molecule has 0 aliphatic carbocycles. The molecule has 2 aromatic rings. The molecule has 0 atom stereocenters. The van der Waals surface area contributed by atoms with Gasteiger partial charge in [0.2, 0.25) is 0 Å². The maximum absolute atomic E-state index is 12.8. The van der Waals surface area contributed by atoms with E-state index in [1.165, 1.54) is 31.2 Å². The number of benzene rings is 1. The zero-order valence-corrected chi connectivity index (χ0v) is 11.5. The third kappa shape index (κ3) is 3.81. The fourth-order valence-corrected chi connectivity index (χ4v) is 1.84. The van der Waals surface area contributed by atoms with Gasteiger partial charge in [0.1, 0.15) is 11.5 Å². The second kappa shape index (κ2) is 6.13. The number of carbonyl (C=O) groups excluding carboxylic acids is 1. The van der Waals surface area contributed by atoms with E-state index in [1.807, 2.05) is 0 Å². The van der Waals surface area contributed by atoms with E-state index in [-0.39, 0.29) is 17.8 Å². The average Bonchev–Trinajstić information content (AvgIpc) is 2.45. The largest absolute Gasteiger partial charge is 0.433 e. The summed E-state index contributed by atoms with van der Waals surface area (Å²) >= 11 is 0. The zero-order chi connectivity index (χ0) is 16.3. The minimum absolute atomic E-state index is 0.00793. The minimum atomic E-state index is -4.55. The van der Waals surface area contributed by atoms with Gasteiger partial charge in [-0.15, -0.1) is 0 Å². The lowest BCUT2D eigenvalue weighted by atomic mass is 10.1. The van der Waals surface area contributed by atoms with E-state index in [9.17, 15) is 22.4 Å². The van der Waals surface area contributed by atoms with Crippen LogP contribution in [0.2, 0.25) is 0 Å². The molecular formula is C15H12F4N2O. The molecule has 1 aromatic carbocycles. The molecule has 3 nitrogen and oxygen atoms in total. The fraction of sp³-hybridized carbons (Fsp3) is 0.200.